The highest BCUT2D eigenvalue weighted by molar-refractivity contribution is 7.92. The highest BCUT2D eigenvalue weighted by Gasteiger charge is 2.25. The number of nitrogens with zero attached hydrogens (tertiary/aromatic N) is 1. The summed E-state index contributed by atoms with van der Waals surface area (Å²) in [5.41, 5.74) is 2.55. The van der Waals surface area contributed by atoms with Gasteiger partial charge in [0.05, 0.1) is 29.1 Å². The zero-order chi connectivity index (χ0) is 21.0. The number of hydrogen-bond acceptors (Lipinski definition) is 6. The zero-order valence-electron chi connectivity index (χ0n) is 17.1. The minimum atomic E-state index is -3.43. The molecule has 2 aromatic carbocycles. The molecule has 7 heteroatoms. The van der Waals surface area contributed by atoms with Crippen LogP contribution in [0.5, 0.6) is 5.75 Å². The first-order chi connectivity index (χ1) is 13.9. The van der Waals surface area contributed by atoms with E-state index in [1.165, 1.54) is 7.11 Å². The number of methoxy groups -OCH3 is 1. The molecule has 0 saturated carbocycles. The van der Waals surface area contributed by atoms with Crippen LogP contribution in [0.3, 0.4) is 0 Å². The van der Waals surface area contributed by atoms with Crippen molar-refractivity contribution >= 4 is 21.5 Å². The Kier molecular flexibility index (Phi) is 6.27. The molecule has 0 aliphatic heterocycles. The third kappa shape index (κ3) is 4.45. The van der Waals surface area contributed by atoms with Crippen molar-refractivity contribution in [3.8, 4) is 17.1 Å². The maximum Gasteiger partial charge on any atom is 0.299 e. The lowest BCUT2D eigenvalue weighted by Gasteiger charge is -2.16. The van der Waals surface area contributed by atoms with E-state index in [2.05, 4.69) is 10.3 Å². The number of ether oxygens (including phenoxy) is 1. The Morgan fingerprint density at radius 3 is 2.41 bits per heavy atom. The molecule has 1 heterocycles. The number of benzene rings is 2. The van der Waals surface area contributed by atoms with E-state index in [1.807, 2.05) is 45.0 Å². The second-order valence-corrected chi connectivity index (χ2v) is 9.09. The molecule has 6 nitrogen and oxygen atoms in total. The molecule has 0 bridgehead atoms. The summed E-state index contributed by atoms with van der Waals surface area (Å²) in [6, 6.07) is 13.0. The Labute approximate surface area is 171 Å². The van der Waals surface area contributed by atoms with E-state index in [4.69, 9.17) is 9.15 Å². The van der Waals surface area contributed by atoms with Gasteiger partial charge in [-0.05, 0) is 38.0 Å². The molecule has 0 radical (unpaired) electrons. The maximum atomic E-state index is 12.9. The number of hydrogen-bond donors (Lipinski definition) is 1. The van der Waals surface area contributed by atoms with Gasteiger partial charge in [0.2, 0.25) is 0 Å². The first kappa shape index (κ1) is 20.9. The molecule has 29 heavy (non-hydrogen) atoms. The van der Waals surface area contributed by atoms with E-state index in [9.17, 15) is 8.42 Å². The van der Waals surface area contributed by atoms with E-state index in [0.29, 0.717) is 30.0 Å². The number of sulfone groups is 1. The number of rotatable bonds is 8. The molecule has 1 N–H and O–H groups in total. The summed E-state index contributed by atoms with van der Waals surface area (Å²) >= 11 is 0. The number of anilines is 2. The lowest BCUT2D eigenvalue weighted by atomic mass is 10.1. The molecule has 154 valence electrons. The molecule has 0 amide bonds. The lowest BCUT2D eigenvalue weighted by molar-refractivity contribution is 0.416. The molecular formula is C22H26N2O4S. The largest absolute Gasteiger partial charge is 0.495 e. The number of oxazole rings is 1. The van der Waals surface area contributed by atoms with E-state index in [-0.39, 0.29) is 10.9 Å². The van der Waals surface area contributed by atoms with Crippen molar-refractivity contribution in [2.75, 3.05) is 12.4 Å². The van der Waals surface area contributed by atoms with Gasteiger partial charge >= 0.3 is 0 Å². The Morgan fingerprint density at radius 2 is 1.79 bits per heavy atom. The maximum absolute atomic E-state index is 12.9. The second-order valence-electron chi connectivity index (χ2n) is 6.87. The van der Waals surface area contributed by atoms with Gasteiger partial charge in [-0.3, -0.25) is 0 Å². The van der Waals surface area contributed by atoms with Gasteiger partial charge in [-0.1, -0.05) is 43.7 Å². The van der Waals surface area contributed by atoms with Gasteiger partial charge in [0, 0.05) is 5.56 Å². The summed E-state index contributed by atoms with van der Waals surface area (Å²) in [6.45, 7) is 5.79. The average Bonchev–Trinajstić information content (AvgIpc) is 3.17. The molecule has 0 unspecified atom stereocenters. The van der Waals surface area contributed by atoms with Crippen molar-refractivity contribution in [3.05, 3.63) is 54.2 Å². The molecule has 0 spiro atoms. The van der Waals surface area contributed by atoms with Crippen LogP contribution in [0.25, 0.3) is 11.3 Å². The molecule has 0 aliphatic carbocycles. The summed E-state index contributed by atoms with van der Waals surface area (Å²) in [4.78, 5) is 4.51. The van der Waals surface area contributed by atoms with Gasteiger partial charge in [0.1, 0.15) is 5.75 Å². The fourth-order valence-corrected chi connectivity index (χ4v) is 4.98. The summed E-state index contributed by atoms with van der Waals surface area (Å²) in [5, 5.41) is 2.63. The normalized spacial score (nSPS) is 11.6. The van der Waals surface area contributed by atoms with Crippen LogP contribution in [-0.4, -0.2) is 25.8 Å². The van der Waals surface area contributed by atoms with Gasteiger partial charge in [-0.2, -0.15) is 0 Å². The summed E-state index contributed by atoms with van der Waals surface area (Å²) in [5.74, 6) is 1.12. The van der Waals surface area contributed by atoms with Gasteiger partial charge in [0.25, 0.3) is 6.01 Å². The van der Waals surface area contributed by atoms with Gasteiger partial charge in [-0.15, -0.1) is 0 Å². The standard InChI is InChI=1S/C22H26N2O4S/c1-5-17(6-2)29(25,26)18-11-12-20(27-4)19(13-18)24-22-23-14-21(28-22)16-9-7-15(3)8-10-16/h7-14,17H,5-6H2,1-4H3,(H,23,24). The Balaban J connectivity index is 1.92. The van der Waals surface area contributed by atoms with Crippen LogP contribution in [0.2, 0.25) is 0 Å². The van der Waals surface area contributed by atoms with E-state index < -0.39 is 15.1 Å². The van der Waals surface area contributed by atoms with Gasteiger partial charge < -0.3 is 14.5 Å². The molecular weight excluding hydrogens is 388 g/mol. The van der Waals surface area contributed by atoms with Crippen molar-refractivity contribution < 1.29 is 17.6 Å². The molecule has 1 aromatic heterocycles. The van der Waals surface area contributed by atoms with Crippen LogP contribution in [0.4, 0.5) is 11.7 Å². The lowest BCUT2D eigenvalue weighted by Crippen LogP contribution is -2.19. The van der Waals surface area contributed by atoms with Crippen molar-refractivity contribution in [2.45, 2.75) is 43.8 Å². The monoisotopic (exact) mass is 414 g/mol. The molecule has 0 atom stereocenters. The van der Waals surface area contributed by atoms with Crippen LogP contribution in [0, 0.1) is 6.92 Å². The van der Waals surface area contributed by atoms with Crippen LogP contribution >= 0.6 is 0 Å². The third-order valence-corrected chi connectivity index (χ3v) is 7.39. The number of nitrogens with one attached hydrogen (secondary N) is 1. The Bertz CT molecular complexity index is 1070. The Hall–Kier alpha value is -2.80. The molecule has 0 saturated heterocycles. The predicted octanol–water partition coefficient (Wildman–Crippen LogP) is 5.36. The quantitative estimate of drug-likeness (QED) is 0.534. The molecule has 3 rings (SSSR count). The molecule has 0 fully saturated rings. The second kappa shape index (κ2) is 8.69. The zero-order valence-corrected chi connectivity index (χ0v) is 17.9. The van der Waals surface area contributed by atoms with Gasteiger partial charge in [-0.25, -0.2) is 13.4 Å². The first-order valence-corrected chi connectivity index (χ1v) is 11.2. The summed E-state index contributed by atoms with van der Waals surface area (Å²) in [6.07, 6.45) is 2.75. The summed E-state index contributed by atoms with van der Waals surface area (Å²) in [7, 11) is -1.90. The highest BCUT2D eigenvalue weighted by atomic mass is 32.2. The first-order valence-electron chi connectivity index (χ1n) is 9.60. The van der Waals surface area contributed by atoms with Crippen LogP contribution in [-0.2, 0) is 9.84 Å². The van der Waals surface area contributed by atoms with Gasteiger partial charge in [0.15, 0.2) is 15.6 Å². The van der Waals surface area contributed by atoms with Crippen molar-refractivity contribution in [3.63, 3.8) is 0 Å². The van der Waals surface area contributed by atoms with Crippen LogP contribution < -0.4 is 10.1 Å². The smallest absolute Gasteiger partial charge is 0.299 e. The topological polar surface area (TPSA) is 81.4 Å². The predicted molar refractivity (Wildman–Crippen MR) is 115 cm³/mol. The van der Waals surface area contributed by atoms with E-state index >= 15 is 0 Å². The van der Waals surface area contributed by atoms with Crippen LogP contribution in [0.15, 0.2) is 58.0 Å². The number of aryl methyl sites for hydroxylation is 1. The van der Waals surface area contributed by atoms with Crippen LogP contribution in [0.1, 0.15) is 32.3 Å². The average molecular weight is 415 g/mol. The SMILES string of the molecule is CCC(CC)S(=O)(=O)c1ccc(OC)c(Nc2ncc(-c3ccc(C)cc3)o2)c1. The Morgan fingerprint density at radius 1 is 1.10 bits per heavy atom. The van der Waals surface area contributed by atoms with Crippen molar-refractivity contribution in [2.24, 2.45) is 0 Å². The summed E-state index contributed by atoms with van der Waals surface area (Å²) < 4.78 is 37.0. The minimum absolute atomic E-state index is 0.250. The molecule has 3 aromatic rings. The van der Waals surface area contributed by atoms with Crippen molar-refractivity contribution in [1.82, 2.24) is 4.98 Å². The van der Waals surface area contributed by atoms with E-state index in [1.54, 1.807) is 24.4 Å². The van der Waals surface area contributed by atoms with E-state index in [0.717, 1.165) is 11.1 Å². The fraction of sp³-hybridized carbons (Fsp3) is 0.318. The minimum Gasteiger partial charge on any atom is -0.495 e. The fourth-order valence-electron chi connectivity index (χ4n) is 3.18. The highest BCUT2D eigenvalue weighted by Crippen LogP contribution is 2.33. The van der Waals surface area contributed by atoms with Crippen molar-refractivity contribution in [1.29, 1.82) is 0 Å². The number of aromatic nitrogens is 1. The molecule has 0 aliphatic rings. The third-order valence-electron chi connectivity index (χ3n) is 4.93.